The maximum Gasteiger partial charge on any atom is 0.227 e. The number of furan rings is 1. The van der Waals surface area contributed by atoms with Gasteiger partial charge in [0.2, 0.25) is 5.91 Å². The average Bonchev–Trinajstić information content (AvgIpc) is 2.96. The van der Waals surface area contributed by atoms with Crippen LogP contribution in [0.3, 0.4) is 0 Å². The van der Waals surface area contributed by atoms with Crippen LogP contribution in [0, 0.1) is 13.8 Å². The van der Waals surface area contributed by atoms with E-state index in [-0.39, 0.29) is 5.91 Å². The second-order valence-electron chi connectivity index (χ2n) is 6.16. The van der Waals surface area contributed by atoms with Crippen molar-refractivity contribution >= 4 is 28.5 Å². The highest BCUT2D eigenvalue weighted by atomic mass is 35.5. The third-order valence-corrected chi connectivity index (χ3v) is 4.84. The van der Waals surface area contributed by atoms with Crippen LogP contribution >= 0.6 is 11.6 Å². The van der Waals surface area contributed by atoms with Gasteiger partial charge in [0, 0.05) is 29.6 Å². The van der Waals surface area contributed by atoms with Gasteiger partial charge in [0.15, 0.2) is 0 Å². The molecule has 3 aromatic rings. The second kappa shape index (κ2) is 6.70. The molecule has 1 amide bonds. The van der Waals surface area contributed by atoms with Crippen molar-refractivity contribution in [1.82, 2.24) is 4.90 Å². The minimum absolute atomic E-state index is 0.0378. The lowest BCUT2D eigenvalue weighted by Gasteiger charge is -2.17. The Morgan fingerprint density at radius 3 is 2.62 bits per heavy atom. The Morgan fingerprint density at radius 2 is 1.88 bits per heavy atom. The molecule has 4 heteroatoms. The monoisotopic (exact) mass is 341 g/mol. The fourth-order valence-electron chi connectivity index (χ4n) is 2.79. The van der Waals surface area contributed by atoms with Crippen molar-refractivity contribution in [1.29, 1.82) is 0 Å². The Labute approximate surface area is 146 Å². The highest BCUT2D eigenvalue weighted by Crippen LogP contribution is 2.27. The normalized spacial score (nSPS) is 11.0. The lowest BCUT2D eigenvalue weighted by Crippen LogP contribution is -2.27. The summed E-state index contributed by atoms with van der Waals surface area (Å²) in [5, 5.41) is 1.69. The van der Waals surface area contributed by atoms with Gasteiger partial charge in [-0.25, -0.2) is 0 Å². The van der Waals surface area contributed by atoms with Gasteiger partial charge in [0.05, 0.1) is 12.7 Å². The topological polar surface area (TPSA) is 33.5 Å². The van der Waals surface area contributed by atoms with E-state index >= 15 is 0 Å². The Bertz CT molecular complexity index is 898. The van der Waals surface area contributed by atoms with Crippen LogP contribution in [0.5, 0.6) is 0 Å². The molecular weight excluding hydrogens is 322 g/mol. The molecule has 0 spiro atoms. The lowest BCUT2D eigenvalue weighted by molar-refractivity contribution is -0.129. The van der Waals surface area contributed by atoms with Crippen LogP contribution in [0.4, 0.5) is 0 Å². The number of benzene rings is 2. The zero-order valence-electron chi connectivity index (χ0n) is 14.1. The smallest absolute Gasteiger partial charge is 0.227 e. The molecule has 3 rings (SSSR count). The van der Waals surface area contributed by atoms with E-state index in [0.717, 1.165) is 27.7 Å². The first kappa shape index (κ1) is 16.6. The standard InChI is InChI=1S/C20H20ClNO2/c1-13-8-9-17-16(12-24-20(17)14(13)2)10-19(23)22(3)11-15-6-4-5-7-18(15)21/h4-9,12H,10-11H2,1-3H3. The van der Waals surface area contributed by atoms with Crippen molar-refractivity contribution < 1.29 is 9.21 Å². The highest BCUT2D eigenvalue weighted by Gasteiger charge is 2.16. The summed E-state index contributed by atoms with van der Waals surface area (Å²) in [7, 11) is 1.79. The average molecular weight is 342 g/mol. The van der Waals surface area contributed by atoms with E-state index in [2.05, 4.69) is 13.0 Å². The van der Waals surface area contributed by atoms with Crippen molar-refractivity contribution in [2.75, 3.05) is 7.05 Å². The van der Waals surface area contributed by atoms with Gasteiger partial charge < -0.3 is 9.32 Å². The second-order valence-corrected chi connectivity index (χ2v) is 6.57. The number of carbonyl (C=O) groups is 1. The molecule has 2 aromatic carbocycles. The summed E-state index contributed by atoms with van der Waals surface area (Å²) in [4.78, 5) is 14.3. The Hall–Kier alpha value is -2.26. The van der Waals surface area contributed by atoms with E-state index in [0.29, 0.717) is 18.0 Å². The largest absolute Gasteiger partial charge is 0.464 e. The first-order chi connectivity index (χ1) is 11.5. The molecule has 1 heterocycles. The van der Waals surface area contributed by atoms with E-state index in [1.165, 1.54) is 5.56 Å². The summed E-state index contributed by atoms with van der Waals surface area (Å²) < 4.78 is 5.69. The molecule has 1 aromatic heterocycles. The maximum absolute atomic E-state index is 12.6. The van der Waals surface area contributed by atoms with E-state index in [4.69, 9.17) is 16.0 Å². The molecule has 0 aliphatic rings. The number of halogens is 1. The van der Waals surface area contributed by atoms with Gasteiger partial charge in [-0.15, -0.1) is 0 Å². The fourth-order valence-corrected chi connectivity index (χ4v) is 2.99. The molecule has 0 bridgehead atoms. The third kappa shape index (κ3) is 3.17. The number of hydrogen-bond donors (Lipinski definition) is 0. The van der Waals surface area contributed by atoms with E-state index in [1.54, 1.807) is 18.2 Å². The fraction of sp³-hybridized carbons (Fsp3) is 0.250. The van der Waals surface area contributed by atoms with E-state index in [1.807, 2.05) is 37.3 Å². The first-order valence-electron chi connectivity index (χ1n) is 7.91. The van der Waals surface area contributed by atoms with Crippen molar-refractivity contribution in [2.24, 2.45) is 0 Å². The molecule has 124 valence electrons. The molecule has 0 radical (unpaired) electrons. The van der Waals surface area contributed by atoms with Crippen LogP contribution in [0.2, 0.25) is 5.02 Å². The summed E-state index contributed by atoms with van der Waals surface area (Å²) in [5.41, 5.74) is 5.04. The summed E-state index contributed by atoms with van der Waals surface area (Å²) in [6.07, 6.45) is 2.01. The molecule has 0 unspecified atom stereocenters. The van der Waals surface area contributed by atoms with Crippen molar-refractivity contribution in [3.05, 3.63) is 69.9 Å². The number of amides is 1. The molecule has 3 nitrogen and oxygen atoms in total. The van der Waals surface area contributed by atoms with Gasteiger partial charge in [-0.05, 0) is 36.6 Å². The molecule has 0 aliphatic carbocycles. The summed E-state index contributed by atoms with van der Waals surface area (Å²) in [6.45, 7) is 4.59. The Kier molecular flexibility index (Phi) is 4.63. The number of nitrogens with zero attached hydrogens (tertiary/aromatic N) is 1. The van der Waals surface area contributed by atoms with Gasteiger partial charge in [0.1, 0.15) is 5.58 Å². The van der Waals surface area contributed by atoms with Crippen LogP contribution in [0.15, 0.2) is 47.1 Å². The van der Waals surface area contributed by atoms with Crippen LogP contribution in [0.25, 0.3) is 11.0 Å². The third-order valence-electron chi connectivity index (χ3n) is 4.47. The van der Waals surface area contributed by atoms with Gasteiger partial charge >= 0.3 is 0 Å². The number of rotatable bonds is 4. The van der Waals surface area contributed by atoms with E-state index in [9.17, 15) is 4.79 Å². The van der Waals surface area contributed by atoms with Crippen LogP contribution < -0.4 is 0 Å². The molecular formula is C20H20ClNO2. The molecule has 0 fully saturated rings. The molecule has 0 saturated carbocycles. The molecule has 0 aliphatic heterocycles. The SMILES string of the molecule is Cc1ccc2c(CC(=O)N(C)Cc3ccccc3Cl)coc2c1C. The van der Waals surface area contributed by atoms with Gasteiger partial charge in [-0.3, -0.25) is 4.79 Å². The number of fused-ring (bicyclic) bond motifs is 1. The van der Waals surface area contributed by atoms with Crippen LogP contribution in [0.1, 0.15) is 22.3 Å². The first-order valence-corrected chi connectivity index (χ1v) is 8.29. The minimum Gasteiger partial charge on any atom is -0.464 e. The van der Waals surface area contributed by atoms with Crippen molar-refractivity contribution in [3.8, 4) is 0 Å². The minimum atomic E-state index is 0.0378. The zero-order chi connectivity index (χ0) is 17.3. The number of likely N-dealkylation sites (N-methyl/N-ethyl adjacent to an activating group) is 1. The molecule has 24 heavy (non-hydrogen) atoms. The van der Waals surface area contributed by atoms with Gasteiger partial charge in [0.25, 0.3) is 0 Å². The van der Waals surface area contributed by atoms with E-state index < -0.39 is 0 Å². The summed E-state index contributed by atoms with van der Waals surface area (Å²) >= 11 is 6.17. The van der Waals surface area contributed by atoms with Crippen molar-refractivity contribution in [2.45, 2.75) is 26.8 Å². The predicted molar refractivity (Wildman–Crippen MR) is 97.3 cm³/mol. The number of carbonyl (C=O) groups excluding carboxylic acids is 1. The maximum atomic E-state index is 12.6. The molecule has 0 saturated heterocycles. The quantitative estimate of drug-likeness (QED) is 0.676. The highest BCUT2D eigenvalue weighted by molar-refractivity contribution is 6.31. The van der Waals surface area contributed by atoms with Gasteiger partial charge in [-0.2, -0.15) is 0 Å². The molecule has 0 atom stereocenters. The number of hydrogen-bond acceptors (Lipinski definition) is 2. The van der Waals surface area contributed by atoms with Crippen LogP contribution in [-0.2, 0) is 17.8 Å². The molecule has 0 N–H and O–H groups in total. The van der Waals surface area contributed by atoms with Crippen molar-refractivity contribution in [3.63, 3.8) is 0 Å². The Balaban J connectivity index is 1.77. The van der Waals surface area contributed by atoms with Crippen LogP contribution in [-0.4, -0.2) is 17.9 Å². The zero-order valence-corrected chi connectivity index (χ0v) is 14.9. The number of aryl methyl sites for hydroxylation is 2. The Morgan fingerprint density at radius 1 is 1.12 bits per heavy atom. The summed E-state index contributed by atoms with van der Waals surface area (Å²) in [6, 6.07) is 11.7. The lowest BCUT2D eigenvalue weighted by atomic mass is 10.0. The van der Waals surface area contributed by atoms with Gasteiger partial charge in [-0.1, -0.05) is 41.9 Å². The summed E-state index contributed by atoms with van der Waals surface area (Å²) in [5.74, 6) is 0.0378. The predicted octanol–water partition coefficient (Wildman–Crippen LogP) is 4.90.